The Balaban J connectivity index is 1.11. The van der Waals surface area contributed by atoms with Gasteiger partial charge in [0.25, 0.3) is 0 Å². The number of pyridine rings is 2. The molecule has 0 aliphatic rings. The maximum absolute atomic E-state index is 6.60. The van der Waals surface area contributed by atoms with E-state index in [1.807, 2.05) is 12.4 Å². The standard InChI is InChI=1S/C86H60N6/c1-53-25-33-78-66(45-53)67-46-54(2)26-34-79(67)91(78)85-83(89-74-37-29-62(57-17-9-5-10-18-57)49-70(74)71-50-63(30-38-75(71)89)58-19-11-6-12-20-58)82(61-41-43-87-44-42-61)84(86(88-85)92-80-35-27-55(3)47-68(80)69-48-56(4)28-36-81(69)92)90-76-39-31-64(59-21-13-7-14-22-59)51-72(76)73-52-65(32-40-77(73)90)60-23-15-8-16-24-60/h5-52H,1-4H3. The summed E-state index contributed by atoms with van der Waals surface area (Å²) >= 11 is 0. The molecule has 0 fully saturated rings. The molecule has 0 atom stereocenters. The lowest BCUT2D eigenvalue weighted by Crippen LogP contribution is -2.16. The Morgan fingerprint density at radius 2 is 0.467 bits per heavy atom. The normalized spacial score (nSPS) is 11.9. The van der Waals surface area contributed by atoms with E-state index in [4.69, 9.17) is 9.97 Å². The minimum Gasteiger partial charge on any atom is -0.305 e. The van der Waals surface area contributed by atoms with E-state index < -0.39 is 0 Å². The smallest absolute Gasteiger partial charge is 0.165 e. The predicted octanol–water partition coefficient (Wildman–Crippen LogP) is 22.4. The van der Waals surface area contributed by atoms with Crippen molar-refractivity contribution in [2.75, 3.05) is 0 Å². The monoisotopic (exact) mass is 1180 g/mol. The molecule has 0 saturated carbocycles. The van der Waals surface area contributed by atoms with Crippen LogP contribution >= 0.6 is 0 Å². The number of rotatable bonds is 9. The molecule has 0 radical (unpaired) electrons. The third-order valence-electron chi connectivity index (χ3n) is 19.1. The predicted molar refractivity (Wildman–Crippen MR) is 386 cm³/mol. The Hall–Kier alpha value is -11.9. The molecule has 0 amide bonds. The maximum Gasteiger partial charge on any atom is 0.165 e. The summed E-state index contributed by atoms with van der Waals surface area (Å²) < 4.78 is 10.0. The number of fused-ring (bicyclic) bond motifs is 12. The van der Waals surface area contributed by atoms with Gasteiger partial charge in [-0.3, -0.25) is 14.1 Å². The summed E-state index contributed by atoms with van der Waals surface area (Å²) in [4.78, 5) is 11.4. The SMILES string of the molecule is Cc1ccc2c(c1)c1cc(C)ccc1n2-c1nc(-n2c3ccc(C)cc3c3cc(C)ccc32)c(-n2c3ccc(-c4ccccc4)cc3c3cc(-c4ccccc4)ccc32)c(-c2ccncc2)c1-n1c2ccc(-c3ccccc3)cc2c2cc(-c3ccccc3)ccc21. The van der Waals surface area contributed by atoms with E-state index in [1.165, 1.54) is 43.8 Å². The van der Waals surface area contributed by atoms with E-state index in [9.17, 15) is 0 Å². The minimum absolute atomic E-state index is 0.786. The largest absolute Gasteiger partial charge is 0.305 e. The molecule has 434 valence electrons. The summed E-state index contributed by atoms with van der Waals surface area (Å²) in [6, 6.07) is 103. The van der Waals surface area contributed by atoms with Crippen molar-refractivity contribution in [3.63, 3.8) is 0 Å². The van der Waals surface area contributed by atoms with E-state index in [2.05, 4.69) is 325 Å². The van der Waals surface area contributed by atoms with Crippen molar-refractivity contribution >= 4 is 87.2 Å². The third-order valence-corrected chi connectivity index (χ3v) is 19.1. The highest BCUT2D eigenvalue weighted by molar-refractivity contribution is 6.17. The summed E-state index contributed by atoms with van der Waals surface area (Å²) in [7, 11) is 0. The molecule has 12 aromatic carbocycles. The van der Waals surface area contributed by atoms with Gasteiger partial charge in [-0.1, -0.05) is 192 Å². The molecule has 0 aliphatic carbocycles. The maximum atomic E-state index is 6.60. The number of hydrogen-bond donors (Lipinski definition) is 0. The highest BCUT2D eigenvalue weighted by Gasteiger charge is 2.33. The molecule has 0 bridgehead atoms. The average Bonchev–Trinajstić information content (AvgIpc) is 1.47. The van der Waals surface area contributed by atoms with Crippen LogP contribution in [-0.4, -0.2) is 28.2 Å². The first-order valence-corrected chi connectivity index (χ1v) is 31.7. The van der Waals surface area contributed by atoms with Gasteiger partial charge in [0.2, 0.25) is 0 Å². The molecule has 18 rings (SSSR count). The van der Waals surface area contributed by atoms with Gasteiger partial charge in [-0.25, -0.2) is 4.98 Å². The lowest BCUT2D eigenvalue weighted by atomic mass is 10.0. The van der Waals surface area contributed by atoms with Crippen LogP contribution in [0.5, 0.6) is 0 Å². The first-order valence-electron chi connectivity index (χ1n) is 31.7. The fraction of sp³-hybridized carbons (Fsp3) is 0.0465. The van der Waals surface area contributed by atoms with E-state index in [0.29, 0.717) is 0 Å². The van der Waals surface area contributed by atoms with Crippen LogP contribution in [0, 0.1) is 27.7 Å². The second kappa shape index (κ2) is 20.9. The van der Waals surface area contributed by atoms with Crippen molar-refractivity contribution in [1.29, 1.82) is 0 Å². The molecule has 6 heterocycles. The average molecular weight is 1180 g/mol. The quantitative estimate of drug-likeness (QED) is 0.145. The number of aryl methyl sites for hydroxylation is 4. The van der Waals surface area contributed by atoms with Crippen LogP contribution in [0.3, 0.4) is 0 Å². The molecule has 6 nitrogen and oxygen atoms in total. The van der Waals surface area contributed by atoms with Gasteiger partial charge in [-0.05, 0) is 187 Å². The first-order chi connectivity index (χ1) is 45.3. The van der Waals surface area contributed by atoms with Crippen molar-refractivity contribution in [2.45, 2.75) is 27.7 Å². The van der Waals surface area contributed by atoms with Gasteiger partial charge in [0, 0.05) is 61.0 Å². The zero-order valence-electron chi connectivity index (χ0n) is 51.4. The van der Waals surface area contributed by atoms with Crippen LogP contribution in [0.4, 0.5) is 0 Å². The molecule has 0 aliphatic heterocycles. The summed E-state index contributed by atoms with van der Waals surface area (Å²) in [5.74, 6) is 1.57. The van der Waals surface area contributed by atoms with Crippen molar-refractivity contribution < 1.29 is 0 Å². The number of hydrogen-bond acceptors (Lipinski definition) is 2. The van der Waals surface area contributed by atoms with Gasteiger partial charge in [-0.15, -0.1) is 0 Å². The van der Waals surface area contributed by atoms with Crippen LogP contribution in [-0.2, 0) is 0 Å². The van der Waals surface area contributed by atoms with Crippen LogP contribution in [0.1, 0.15) is 22.3 Å². The Kier molecular flexibility index (Phi) is 12.1. The summed E-state index contributed by atoms with van der Waals surface area (Å²) in [5.41, 5.74) is 26.3. The molecule has 6 aromatic heterocycles. The van der Waals surface area contributed by atoms with Crippen LogP contribution < -0.4 is 0 Å². The van der Waals surface area contributed by atoms with Crippen LogP contribution in [0.25, 0.3) is 166 Å². The van der Waals surface area contributed by atoms with Crippen molar-refractivity contribution in [3.8, 4) is 78.6 Å². The van der Waals surface area contributed by atoms with Gasteiger partial charge in [0.05, 0.1) is 44.1 Å². The molecule has 0 saturated heterocycles. The minimum atomic E-state index is 0.786. The first kappa shape index (κ1) is 53.2. The van der Waals surface area contributed by atoms with Gasteiger partial charge in [-0.2, -0.15) is 0 Å². The highest BCUT2D eigenvalue weighted by atomic mass is 15.2. The van der Waals surface area contributed by atoms with E-state index >= 15 is 0 Å². The molecule has 6 heteroatoms. The summed E-state index contributed by atoms with van der Waals surface area (Å²) in [6.45, 7) is 8.80. The van der Waals surface area contributed by atoms with Crippen molar-refractivity contribution in [2.24, 2.45) is 0 Å². The lowest BCUT2D eigenvalue weighted by molar-refractivity contribution is 0.960. The molecule has 18 aromatic rings. The van der Waals surface area contributed by atoms with Gasteiger partial charge >= 0.3 is 0 Å². The van der Waals surface area contributed by atoms with Crippen LogP contribution in [0.2, 0.25) is 0 Å². The molecular weight excluding hydrogens is 1120 g/mol. The topological polar surface area (TPSA) is 45.5 Å². The van der Waals surface area contributed by atoms with Crippen molar-refractivity contribution in [3.05, 3.63) is 314 Å². The Bertz CT molecular complexity index is 5350. The second-order valence-electron chi connectivity index (χ2n) is 24.9. The number of benzene rings is 12. The van der Waals surface area contributed by atoms with E-state index in [-0.39, 0.29) is 0 Å². The molecule has 0 N–H and O–H groups in total. The van der Waals surface area contributed by atoms with Crippen LogP contribution in [0.15, 0.2) is 291 Å². The Morgan fingerprint density at radius 1 is 0.217 bits per heavy atom. The zero-order chi connectivity index (χ0) is 61.3. The van der Waals surface area contributed by atoms with Crippen molar-refractivity contribution in [1.82, 2.24) is 28.2 Å². The molecule has 92 heavy (non-hydrogen) atoms. The zero-order valence-corrected chi connectivity index (χ0v) is 51.4. The Morgan fingerprint density at radius 3 is 0.750 bits per heavy atom. The van der Waals surface area contributed by atoms with Gasteiger partial charge < -0.3 is 9.13 Å². The third kappa shape index (κ3) is 8.34. The van der Waals surface area contributed by atoms with Gasteiger partial charge in [0.15, 0.2) is 11.6 Å². The van der Waals surface area contributed by atoms with E-state index in [0.717, 1.165) is 144 Å². The van der Waals surface area contributed by atoms with Gasteiger partial charge in [0.1, 0.15) is 11.4 Å². The highest BCUT2D eigenvalue weighted by Crippen LogP contribution is 2.50. The molecule has 0 spiro atoms. The van der Waals surface area contributed by atoms with E-state index in [1.54, 1.807) is 0 Å². The lowest BCUT2D eigenvalue weighted by Gasteiger charge is -2.27. The Labute approximate surface area is 532 Å². The summed E-state index contributed by atoms with van der Waals surface area (Å²) in [5, 5.41) is 9.22. The molecular formula is C86H60N6. The fourth-order valence-corrected chi connectivity index (χ4v) is 14.8. The number of nitrogens with zero attached hydrogens (tertiary/aromatic N) is 6. The second-order valence-corrected chi connectivity index (χ2v) is 24.9. The number of aromatic nitrogens is 6. The summed E-state index contributed by atoms with van der Waals surface area (Å²) in [6.07, 6.45) is 3.91. The molecule has 0 unspecified atom stereocenters. The fourth-order valence-electron chi connectivity index (χ4n) is 14.8.